The van der Waals surface area contributed by atoms with Crippen molar-refractivity contribution in [3.05, 3.63) is 35.9 Å². The second-order valence-electron chi connectivity index (χ2n) is 6.52. The zero-order valence-corrected chi connectivity index (χ0v) is 13.9. The lowest BCUT2D eigenvalue weighted by molar-refractivity contribution is -0.920. The van der Waals surface area contributed by atoms with Crippen molar-refractivity contribution in [3.63, 3.8) is 0 Å². The third kappa shape index (κ3) is 3.33. The fourth-order valence-corrected chi connectivity index (χ4v) is 3.67. The smallest absolute Gasteiger partial charge is 0.309 e. The van der Waals surface area contributed by atoms with Crippen LogP contribution in [0.5, 0.6) is 0 Å². The van der Waals surface area contributed by atoms with Crippen LogP contribution in [0.1, 0.15) is 24.8 Å². The number of hydrogen-bond donors (Lipinski definition) is 1. The first-order valence-electron chi connectivity index (χ1n) is 8.40. The van der Waals surface area contributed by atoms with Crippen LogP contribution < -0.4 is 4.90 Å². The summed E-state index contributed by atoms with van der Waals surface area (Å²) < 4.78 is 4.79. The van der Waals surface area contributed by atoms with E-state index in [0.29, 0.717) is 19.4 Å². The van der Waals surface area contributed by atoms with Gasteiger partial charge < -0.3 is 9.64 Å². The predicted octanol–water partition coefficient (Wildman–Crippen LogP) is -0.218. The van der Waals surface area contributed by atoms with Gasteiger partial charge in [0.25, 0.3) is 5.91 Å². The maximum absolute atomic E-state index is 12.7. The van der Waals surface area contributed by atoms with Crippen LogP contribution in [0.3, 0.4) is 0 Å². The number of amides is 2. The van der Waals surface area contributed by atoms with Crippen molar-refractivity contribution < 1.29 is 24.0 Å². The molecule has 3 rings (SSSR count). The van der Waals surface area contributed by atoms with Gasteiger partial charge in [-0.1, -0.05) is 30.3 Å². The number of carbonyl (C=O) groups excluding carboxylic acids is 3. The van der Waals surface area contributed by atoms with Crippen molar-refractivity contribution in [1.29, 1.82) is 0 Å². The molecule has 2 heterocycles. The van der Waals surface area contributed by atoms with Crippen molar-refractivity contribution in [1.82, 2.24) is 4.90 Å². The van der Waals surface area contributed by atoms with Gasteiger partial charge in [-0.25, -0.2) is 0 Å². The zero-order chi connectivity index (χ0) is 17.1. The molecule has 6 nitrogen and oxygen atoms in total. The number of nitrogens with one attached hydrogen (secondary N) is 1. The molecule has 2 amide bonds. The molecule has 2 saturated heterocycles. The van der Waals surface area contributed by atoms with Gasteiger partial charge in [0, 0.05) is 12.8 Å². The highest BCUT2D eigenvalue weighted by molar-refractivity contribution is 6.04. The number of nitrogens with zero attached hydrogens (tertiary/aromatic N) is 1. The summed E-state index contributed by atoms with van der Waals surface area (Å²) in [4.78, 5) is 39.1. The van der Waals surface area contributed by atoms with E-state index in [0.717, 1.165) is 23.6 Å². The van der Waals surface area contributed by atoms with Crippen molar-refractivity contribution in [2.45, 2.75) is 31.8 Å². The van der Waals surface area contributed by atoms with Crippen LogP contribution in [-0.4, -0.2) is 48.9 Å². The predicted molar refractivity (Wildman–Crippen MR) is 85.8 cm³/mol. The van der Waals surface area contributed by atoms with E-state index in [-0.39, 0.29) is 36.2 Å². The summed E-state index contributed by atoms with van der Waals surface area (Å²) in [5.74, 6) is -0.438. The van der Waals surface area contributed by atoms with E-state index < -0.39 is 0 Å². The van der Waals surface area contributed by atoms with Crippen LogP contribution in [-0.2, 0) is 25.7 Å². The summed E-state index contributed by atoms with van der Waals surface area (Å²) in [7, 11) is 1.40. The Bertz CT molecular complexity index is 623. The molecule has 128 valence electrons. The SMILES string of the molecule is COC(=O)C1CC[NH+]([C@H]2CC(=O)N(Cc3ccccc3)C2=O)CC1. The zero-order valence-electron chi connectivity index (χ0n) is 13.9. The van der Waals surface area contributed by atoms with Crippen LogP contribution in [0.25, 0.3) is 0 Å². The molecule has 1 N–H and O–H groups in total. The molecular weight excluding hydrogens is 308 g/mol. The van der Waals surface area contributed by atoms with Gasteiger partial charge in [-0.3, -0.25) is 19.3 Å². The normalized spacial score (nSPS) is 27.4. The van der Waals surface area contributed by atoms with Crippen LogP contribution >= 0.6 is 0 Å². The Labute approximate surface area is 141 Å². The average molecular weight is 331 g/mol. The van der Waals surface area contributed by atoms with Crippen molar-refractivity contribution in [2.24, 2.45) is 5.92 Å². The molecule has 2 aliphatic heterocycles. The highest BCUT2D eigenvalue weighted by Crippen LogP contribution is 2.17. The van der Waals surface area contributed by atoms with Crippen LogP contribution in [0.4, 0.5) is 0 Å². The van der Waals surface area contributed by atoms with Crippen molar-refractivity contribution in [3.8, 4) is 0 Å². The molecule has 0 radical (unpaired) electrons. The molecule has 0 unspecified atom stereocenters. The number of piperidine rings is 1. The first kappa shape index (κ1) is 16.6. The molecule has 1 aromatic rings. The number of hydrogen-bond acceptors (Lipinski definition) is 4. The minimum absolute atomic E-state index is 0.0774. The monoisotopic (exact) mass is 331 g/mol. The summed E-state index contributed by atoms with van der Waals surface area (Å²) >= 11 is 0. The van der Waals surface area contributed by atoms with Gasteiger partial charge in [-0.15, -0.1) is 0 Å². The second kappa shape index (κ2) is 7.13. The van der Waals surface area contributed by atoms with Crippen LogP contribution in [0.15, 0.2) is 30.3 Å². The summed E-state index contributed by atoms with van der Waals surface area (Å²) in [5.41, 5.74) is 0.958. The molecule has 0 aliphatic carbocycles. The highest BCUT2D eigenvalue weighted by atomic mass is 16.5. The highest BCUT2D eigenvalue weighted by Gasteiger charge is 2.46. The number of ether oxygens (including phenoxy) is 1. The quantitative estimate of drug-likeness (QED) is 0.612. The van der Waals surface area contributed by atoms with Gasteiger partial charge in [-0.05, 0) is 5.56 Å². The van der Waals surface area contributed by atoms with Gasteiger partial charge >= 0.3 is 5.97 Å². The standard InChI is InChI=1S/C18H22N2O4/c1-24-18(23)14-7-9-19(10-8-14)15-11-16(21)20(17(15)22)12-13-5-3-2-4-6-13/h2-6,14-15H,7-12H2,1H3/p+1/t15-/m0/s1. The molecule has 1 aromatic carbocycles. The summed E-state index contributed by atoms with van der Waals surface area (Å²) in [5, 5.41) is 0. The van der Waals surface area contributed by atoms with Crippen molar-refractivity contribution in [2.75, 3.05) is 20.2 Å². The second-order valence-corrected chi connectivity index (χ2v) is 6.52. The van der Waals surface area contributed by atoms with Crippen LogP contribution in [0, 0.1) is 5.92 Å². The number of methoxy groups -OCH3 is 1. The molecule has 0 spiro atoms. The first-order chi connectivity index (χ1) is 11.6. The van der Waals surface area contributed by atoms with E-state index >= 15 is 0 Å². The molecule has 2 fully saturated rings. The van der Waals surface area contributed by atoms with Gasteiger partial charge in [0.15, 0.2) is 6.04 Å². The Balaban J connectivity index is 1.61. The van der Waals surface area contributed by atoms with E-state index in [2.05, 4.69) is 0 Å². The van der Waals surface area contributed by atoms with E-state index in [1.54, 1.807) is 0 Å². The molecule has 24 heavy (non-hydrogen) atoms. The number of benzene rings is 1. The van der Waals surface area contributed by atoms with Gasteiger partial charge in [-0.2, -0.15) is 0 Å². The number of carbonyl (C=O) groups is 3. The first-order valence-corrected chi connectivity index (χ1v) is 8.40. The van der Waals surface area contributed by atoms with Crippen molar-refractivity contribution >= 4 is 17.8 Å². The van der Waals surface area contributed by atoms with E-state index in [1.807, 2.05) is 30.3 Å². The minimum atomic E-state index is -0.306. The summed E-state index contributed by atoms with van der Waals surface area (Å²) in [6, 6.07) is 9.25. The summed E-state index contributed by atoms with van der Waals surface area (Å²) in [6.07, 6.45) is 1.68. The van der Waals surface area contributed by atoms with Gasteiger partial charge in [0.1, 0.15) is 0 Å². The van der Waals surface area contributed by atoms with Crippen LogP contribution in [0.2, 0.25) is 0 Å². The molecule has 1 atom stereocenters. The average Bonchev–Trinajstić information content (AvgIpc) is 2.90. The third-order valence-corrected chi connectivity index (χ3v) is 5.08. The summed E-state index contributed by atoms with van der Waals surface area (Å²) in [6.45, 7) is 1.79. The lowest BCUT2D eigenvalue weighted by Gasteiger charge is -2.30. The van der Waals surface area contributed by atoms with Gasteiger partial charge in [0.05, 0.1) is 39.1 Å². The molecule has 6 heteroatoms. The Hall–Kier alpha value is -2.21. The largest absolute Gasteiger partial charge is 0.469 e. The Morgan fingerprint density at radius 1 is 1.21 bits per heavy atom. The number of esters is 1. The van der Waals surface area contributed by atoms with E-state index in [1.165, 1.54) is 12.0 Å². The minimum Gasteiger partial charge on any atom is -0.469 e. The van der Waals surface area contributed by atoms with Gasteiger partial charge in [0.2, 0.25) is 5.91 Å². The fourth-order valence-electron chi connectivity index (χ4n) is 3.67. The maximum atomic E-state index is 12.7. The number of quaternary nitrogens is 1. The Morgan fingerprint density at radius 3 is 2.50 bits per heavy atom. The molecule has 0 aromatic heterocycles. The number of imide groups is 1. The Morgan fingerprint density at radius 2 is 1.88 bits per heavy atom. The van der Waals surface area contributed by atoms with E-state index in [9.17, 15) is 14.4 Å². The molecule has 0 saturated carbocycles. The topological polar surface area (TPSA) is 68.1 Å². The number of rotatable bonds is 4. The third-order valence-electron chi connectivity index (χ3n) is 5.08. The lowest BCUT2D eigenvalue weighted by Crippen LogP contribution is -3.17. The molecule has 2 aliphatic rings. The molecular formula is C18H23N2O4+. The molecule has 0 bridgehead atoms. The number of likely N-dealkylation sites (tertiary alicyclic amines) is 2. The lowest BCUT2D eigenvalue weighted by atomic mass is 9.95. The van der Waals surface area contributed by atoms with E-state index in [4.69, 9.17) is 4.74 Å². The Kier molecular flexibility index (Phi) is 4.94. The fraction of sp³-hybridized carbons (Fsp3) is 0.500. The maximum Gasteiger partial charge on any atom is 0.309 e.